The summed E-state index contributed by atoms with van der Waals surface area (Å²) in [5, 5.41) is 4.81. The van der Waals surface area contributed by atoms with Crippen molar-refractivity contribution in [3.8, 4) is 0 Å². The van der Waals surface area contributed by atoms with Crippen molar-refractivity contribution < 1.29 is 0 Å². The number of rotatable bonds is 5. The van der Waals surface area contributed by atoms with E-state index in [2.05, 4.69) is 51.4 Å². The van der Waals surface area contributed by atoms with Gasteiger partial charge in [-0.2, -0.15) is 0 Å². The van der Waals surface area contributed by atoms with Crippen LogP contribution in [0.4, 0.5) is 0 Å². The van der Waals surface area contributed by atoms with E-state index in [1.165, 1.54) is 5.56 Å². The van der Waals surface area contributed by atoms with Gasteiger partial charge in [-0.1, -0.05) is 36.4 Å². The van der Waals surface area contributed by atoms with Gasteiger partial charge >= 0.3 is 0 Å². The highest BCUT2D eigenvalue weighted by molar-refractivity contribution is 9.10. The summed E-state index contributed by atoms with van der Waals surface area (Å²) >= 11 is 11.3. The van der Waals surface area contributed by atoms with Gasteiger partial charge in [0.05, 0.1) is 5.02 Å². The Labute approximate surface area is 131 Å². The Balaban J connectivity index is 2.15. The van der Waals surface area contributed by atoms with Crippen LogP contribution in [0.1, 0.15) is 12.5 Å². The molecule has 1 N–H and O–H groups in total. The average Bonchev–Trinajstić information content (AvgIpc) is 2.41. The molecule has 2 nitrogen and oxygen atoms in total. The number of hydrogen-bond acceptors (Lipinski definition) is 3. The highest BCUT2D eigenvalue weighted by atomic mass is 79.9. The summed E-state index contributed by atoms with van der Waals surface area (Å²) in [6, 6.07) is 10.0. The SMILES string of the molecule is CCNCc1ccc(Sc2ncccc2Cl)c(Br)c1. The lowest BCUT2D eigenvalue weighted by Gasteiger charge is -2.08. The van der Waals surface area contributed by atoms with Gasteiger partial charge in [-0.05, 0) is 52.3 Å². The van der Waals surface area contributed by atoms with Crippen LogP contribution < -0.4 is 5.32 Å². The quantitative estimate of drug-likeness (QED) is 0.835. The molecule has 0 saturated carbocycles. The third-order valence-corrected chi connectivity index (χ3v) is 4.94. The van der Waals surface area contributed by atoms with Crippen LogP contribution in [0, 0.1) is 0 Å². The van der Waals surface area contributed by atoms with Gasteiger partial charge in [0.15, 0.2) is 0 Å². The molecule has 0 aliphatic heterocycles. The maximum Gasteiger partial charge on any atom is 0.119 e. The monoisotopic (exact) mass is 356 g/mol. The highest BCUT2D eigenvalue weighted by Gasteiger charge is 2.07. The van der Waals surface area contributed by atoms with Gasteiger partial charge < -0.3 is 5.32 Å². The van der Waals surface area contributed by atoms with Crippen molar-refractivity contribution in [3.05, 3.63) is 51.6 Å². The van der Waals surface area contributed by atoms with Crippen molar-refractivity contribution in [1.82, 2.24) is 10.3 Å². The van der Waals surface area contributed by atoms with Gasteiger partial charge in [-0.3, -0.25) is 0 Å². The Morgan fingerprint density at radius 2 is 2.21 bits per heavy atom. The zero-order valence-electron chi connectivity index (χ0n) is 10.5. The molecule has 0 aliphatic carbocycles. The van der Waals surface area contributed by atoms with Crippen LogP contribution in [0.3, 0.4) is 0 Å². The molecule has 1 aromatic carbocycles. The largest absolute Gasteiger partial charge is 0.313 e. The van der Waals surface area contributed by atoms with Crippen molar-refractivity contribution in [2.75, 3.05) is 6.54 Å². The summed E-state index contributed by atoms with van der Waals surface area (Å²) in [7, 11) is 0. The van der Waals surface area contributed by atoms with E-state index in [1.54, 1.807) is 18.0 Å². The molecule has 0 amide bonds. The predicted octanol–water partition coefficient (Wildman–Crippen LogP) is 4.76. The highest BCUT2D eigenvalue weighted by Crippen LogP contribution is 2.36. The number of halogens is 2. The van der Waals surface area contributed by atoms with E-state index in [0.717, 1.165) is 27.5 Å². The number of pyridine rings is 1. The van der Waals surface area contributed by atoms with E-state index in [9.17, 15) is 0 Å². The Kier molecular flexibility index (Phi) is 5.70. The van der Waals surface area contributed by atoms with Crippen LogP contribution in [-0.4, -0.2) is 11.5 Å². The molecule has 0 fully saturated rings. The fourth-order valence-electron chi connectivity index (χ4n) is 1.56. The Morgan fingerprint density at radius 3 is 2.89 bits per heavy atom. The van der Waals surface area contributed by atoms with Gasteiger partial charge in [-0.15, -0.1) is 0 Å². The van der Waals surface area contributed by atoms with Crippen molar-refractivity contribution in [2.24, 2.45) is 0 Å². The maximum atomic E-state index is 6.12. The van der Waals surface area contributed by atoms with Crippen molar-refractivity contribution >= 4 is 39.3 Å². The van der Waals surface area contributed by atoms with Gasteiger partial charge in [0.2, 0.25) is 0 Å². The second kappa shape index (κ2) is 7.29. The molecule has 0 unspecified atom stereocenters. The molecule has 0 radical (unpaired) electrons. The topological polar surface area (TPSA) is 24.9 Å². The summed E-state index contributed by atoms with van der Waals surface area (Å²) < 4.78 is 1.06. The van der Waals surface area contributed by atoms with Crippen LogP contribution in [0.25, 0.3) is 0 Å². The molecule has 1 heterocycles. The van der Waals surface area contributed by atoms with Crippen molar-refractivity contribution in [2.45, 2.75) is 23.4 Å². The molecule has 0 spiro atoms. The lowest BCUT2D eigenvalue weighted by atomic mass is 10.2. The smallest absolute Gasteiger partial charge is 0.119 e. The van der Waals surface area contributed by atoms with E-state index in [4.69, 9.17) is 11.6 Å². The van der Waals surface area contributed by atoms with Crippen molar-refractivity contribution in [1.29, 1.82) is 0 Å². The molecule has 1 aromatic heterocycles. The number of nitrogens with one attached hydrogen (secondary N) is 1. The fraction of sp³-hybridized carbons (Fsp3) is 0.214. The first kappa shape index (κ1) is 14.9. The standard InChI is InChI=1S/C14H14BrClN2S/c1-2-17-9-10-5-6-13(11(15)8-10)19-14-12(16)4-3-7-18-14/h3-8,17H,2,9H2,1H3. The summed E-state index contributed by atoms with van der Waals surface area (Å²) in [5.41, 5.74) is 1.25. The number of aromatic nitrogens is 1. The first-order chi connectivity index (χ1) is 9.20. The summed E-state index contributed by atoms with van der Waals surface area (Å²) in [6.07, 6.45) is 1.75. The Morgan fingerprint density at radius 1 is 1.37 bits per heavy atom. The fourth-order valence-corrected chi connectivity index (χ4v) is 3.24. The van der Waals surface area contributed by atoms with E-state index >= 15 is 0 Å². The van der Waals surface area contributed by atoms with Gasteiger partial charge in [0.25, 0.3) is 0 Å². The van der Waals surface area contributed by atoms with Crippen LogP contribution in [0.15, 0.2) is 50.9 Å². The van der Waals surface area contributed by atoms with E-state index in [0.29, 0.717) is 5.02 Å². The molecule has 0 aliphatic rings. The first-order valence-electron chi connectivity index (χ1n) is 5.98. The molecule has 5 heteroatoms. The number of hydrogen-bond donors (Lipinski definition) is 1. The summed E-state index contributed by atoms with van der Waals surface area (Å²) in [4.78, 5) is 5.40. The minimum atomic E-state index is 0.677. The predicted molar refractivity (Wildman–Crippen MR) is 84.9 cm³/mol. The third-order valence-electron chi connectivity index (χ3n) is 2.51. The van der Waals surface area contributed by atoms with Crippen LogP contribution in [0.2, 0.25) is 5.02 Å². The van der Waals surface area contributed by atoms with Crippen LogP contribution in [-0.2, 0) is 6.54 Å². The Bertz CT molecular complexity index is 563. The molecule has 0 atom stereocenters. The van der Waals surface area contributed by atoms with E-state index in [-0.39, 0.29) is 0 Å². The Hall–Kier alpha value is -0.550. The second-order valence-corrected chi connectivity index (χ2v) is 6.23. The molecule has 2 aromatic rings. The molecule has 19 heavy (non-hydrogen) atoms. The molecular weight excluding hydrogens is 344 g/mol. The van der Waals surface area contributed by atoms with E-state index in [1.807, 2.05) is 12.1 Å². The average molecular weight is 358 g/mol. The zero-order valence-corrected chi connectivity index (χ0v) is 13.6. The lowest BCUT2D eigenvalue weighted by molar-refractivity contribution is 0.726. The molecule has 2 rings (SSSR count). The number of nitrogens with zero attached hydrogens (tertiary/aromatic N) is 1. The van der Waals surface area contributed by atoms with Crippen LogP contribution >= 0.6 is 39.3 Å². The molecule has 0 saturated heterocycles. The van der Waals surface area contributed by atoms with Gasteiger partial charge in [0.1, 0.15) is 5.03 Å². The summed E-state index contributed by atoms with van der Waals surface area (Å²) in [6.45, 7) is 3.95. The molecule has 100 valence electrons. The molecule has 0 bridgehead atoms. The van der Waals surface area contributed by atoms with Crippen LogP contribution in [0.5, 0.6) is 0 Å². The third kappa shape index (κ3) is 4.21. The second-order valence-electron chi connectivity index (χ2n) is 3.94. The minimum absolute atomic E-state index is 0.677. The zero-order chi connectivity index (χ0) is 13.7. The van der Waals surface area contributed by atoms with Gasteiger partial charge in [-0.25, -0.2) is 4.98 Å². The minimum Gasteiger partial charge on any atom is -0.313 e. The lowest BCUT2D eigenvalue weighted by Crippen LogP contribution is -2.11. The number of benzene rings is 1. The molecular formula is C14H14BrClN2S. The van der Waals surface area contributed by atoms with E-state index < -0.39 is 0 Å². The van der Waals surface area contributed by atoms with Crippen molar-refractivity contribution in [3.63, 3.8) is 0 Å². The first-order valence-corrected chi connectivity index (χ1v) is 7.97. The maximum absolute atomic E-state index is 6.12. The van der Waals surface area contributed by atoms with Gasteiger partial charge in [0, 0.05) is 22.1 Å². The summed E-state index contributed by atoms with van der Waals surface area (Å²) in [5.74, 6) is 0. The normalized spacial score (nSPS) is 10.7.